The van der Waals surface area contributed by atoms with Crippen molar-refractivity contribution in [1.29, 1.82) is 0 Å². The maximum absolute atomic E-state index is 12.7. The predicted molar refractivity (Wildman–Crippen MR) is 102 cm³/mol. The number of amides is 1. The Labute approximate surface area is 155 Å². The summed E-state index contributed by atoms with van der Waals surface area (Å²) < 4.78 is 5.39. The molecule has 1 N–H and O–H groups in total. The molecule has 1 aliphatic carbocycles. The molecule has 0 unspecified atom stereocenters. The lowest BCUT2D eigenvalue weighted by molar-refractivity contribution is 0.0342. The van der Waals surface area contributed by atoms with Crippen LogP contribution in [0.4, 0.5) is 0 Å². The van der Waals surface area contributed by atoms with E-state index in [4.69, 9.17) is 4.74 Å². The summed E-state index contributed by atoms with van der Waals surface area (Å²) >= 11 is 0. The molecule has 2 aromatic carbocycles. The third-order valence-electron chi connectivity index (χ3n) is 5.40. The summed E-state index contributed by atoms with van der Waals surface area (Å²) in [6.45, 7) is 4.49. The van der Waals surface area contributed by atoms with E-state index in [-0.39, 0.29) is 11.9 Å². The van der Waals surface area contributed by atoms with E-state index in [1.54, 1.807) is 0 Å². The Morgan fingerprint density at radius 3 is 2.65 bits per heavy atom. The highest BCUT2D eigenvalue weighted by molar-refractivity contribution is 5.94. The van der Waals surface area contributed by atoms with Crippen LogP contribution in [0.2, 0.25) is 0 Å². The van der Waals surface area contributed by atoms with Crippen molar-refractivity contribution in [2.75, 3.05) is 26.3 Å². The minimum Gasteiger partial charge on any atom is -0.379 e. The first-order valence-corrected chi connectivity index (χ1v) is 9.57. The lowest BCUT2D eigenvalue weighted by Crippen LogP contribution is -2.35. The van der Waals surface area contributed by atoms with Gasteiger partial charge in [-0.3, -0.25) is 9.69 Å². The van der Waals surface area contributed by atoms with Crippen molar-refractivity contribution in [2.45, 2.75) is 31.8 Å². The molecule has 0 saturated carbocycles. The summed E-state index contributed by atoms with van der Waals surface area (Å²) in [5, 5.41) is 3.23. The monoisotopic (exact) mass is 350 g/mol. The maximum atomic E-state index is 12.7. The molecule has 1 saturated heterocycles. The summed E-state index contributed by atoms with van der Waals surface area (Å²) in [4.78, 5) is 15.1. The van der Waals surface area contributed by atoms with Crippen molar-refractivity contribution in [3.8, 4) is 0 Å². The summed E-state index contributed by atoms with van der Waals surface area (Å²) in [6.07, 6.45) is 3.25. The predicted octanol–water partition coefficient (Wildman–Crippen LogP) is 3.33. The quantitative estimate of drug-likeness (QED) is 0.920. The molecule has 1 atom stereocenters. The first-order chi connectivity index (χ1) is 12.8. The highest BCUT2D eigenvalue weighted by Crippen LogP contribution is 2.29. The third kappa shape index (κ3) is 3.97. The molecule has 0 radical (unpaired) electrons. The number of aryl methyl sites for hydroxylation is 1. The van der Waals surface area contributed by atoms with E-state index in [1.165, 1.54) is 16.7 Å². The second-order valence-corrected chi connectivity index (χ2v) is 7.20. The zero-order chi connectivity index (χ0) is 17.8. The summed E-state index contributed by atoms with van der Waals surface area (Å²) in [6, 6.07) is 16.6. The Kier molecular flexibility index (Phi) is 5.32. The van der Waals surface area contributed by atoms with Gasteiger partial charge in [-0.1, -0.05) is 36.4 Å². The molecular weight excluding hydrogens is 324 g/mol. The van der Waals surface area contributed by atoms with E-state index in [2.05, 4.69) is 46.6 Å². The maximum Gasteiger partial charge on any atom is 0.251 e. The molecule has 4 nitrogen and oxygen atoms in total. The Bertz CT molecular complexity index is 751. The van der Waals surface area contributed by atoms with E-state index in [1.807, 2.05) is 12.1 Å². The van der Waals surface area contributed by atoms with Crippen molar-refractivity contribution < 1.29 is 9.53 Å². The minimum atomic E-state index is 0.0182. The van der Waals surface area contributed by atoms with Crippen LogP contribution in [-0.2, 0) is 17.7 Å². The SMILES string of the molecule is O=C(N[C@H]1CCCc2ccccc21)c1ccc(CN2CCOCC2)cc1. The zero-order valence-corrected chi connectivity index (χ0v) is 15.1. The number of carbonyl (C=O) groups is 1. The van der Waals surface area contributed by atoms with Gasteiger partial charge in [0.2, 0.25) is 0 Å². The molecule has 1 fully saturated rings. The Morgan fingerprint density at radius 2 is 1.85 bits per heavy atom. The average Bonchev–Trinajstić information content (AvgIpc) is 2.70. The van der Waals surface area contributed by atoms with Gasteiger partial charge in [0.1, 0.15) is 0 Å². The molecule has 0 spiro atoms. The molecule has 0 bridgehead atoms. The molecular formula is C22H26N2O2. The Hall–Kier alpha value is -2.17. The molecule has 2 aliphatic rings. The van der Waals surface area contributed by atoms with Crippen molar-refractivity contribution in [1.82, 2.24) is 10.2 Å². The van der Waals surface area contributed by atoms with E-state index < -0.39 is 0 Å². The number of hydrogen-bond donors (Lipinski definition) is 1. The largest absolute Gasteiger partial charge is 0.379 e. The van der Waals surface area contributed by atoms with Crippen LogP contribution >= 0.6 is 0 Å². The number of rotatable bonds is 4. The van der Waals surface area contributed by atoms with E-state index in [0.717, 1.165) is 57.7 Å². The topological polar surface area (TPSA) is 41.6 Å². The number of ether oxygens (including phenoxy) is 1. The minimum absolute atomic E-state index is 0.0182. The van der Waals surface area contributed by atoms with Crippen LogP contribution in [0.3, 0.4) is 0 Å². The lowest BCUT2D eigenvalue weighted by atomic mass is 9.87. The summed E-state index contributed by atoms with van der Waals surface area (Å²) in [7, 11) is 0. The summed E-state index contributed by atoms with van der Waals surface area (Å²) in [5.41, 5.74) is 4.62. The van der Waals surface area contributed by atoms with Gasteiger partial charge in [-0.25, -0.2) is 0 Å². The van der Waals surface area contributed by atoms with E-state index in [9.17, 15) is 4.79 Å². The fourth-order valence-electron chi connectivity index (χ4n) is 3.92. The normalized spacial score (nSPS) is 20.4. The number of nitrogens with zero attached hydrogens (tertiary/aromatic N) is 1. The highest BCUT2D eigenvalue weighted by Gasteiger charge is 2.21. The van der Waals surface area contributed by atoms with Crippen molar-refractivity contribution in [3.05, 3.63) is 70.8 Å². The van der Waals surface area contributed by atoms with Gasteiger partial charge in [-0.2, -0.15) is 0 Å². The molecule has 4 rings (SSSR count). The number of hydrogen-bond acceptors (Lipinski definition) is 3. The first kappa shape index (κ1) is 17.3. The first-order valence-electron chi connectivity index (χ1n) is 9.57. The van der Waals surface area contributed by atoms with E-state index >= 15 is 0 Å². The molecule has 136 valence electrons. The number of fused-ring (bicyclic) bond motifs is 1. The fraction of sp³-hybridized carbons (Fsp3) is 0.409. The van der Waals surface area contributed by atoms with Crippen LogP contribution < -0.4 is 5.32 Å². The van der Waals surface area contributed by atoms with Crippen LogP contribution in [-0.4, -0.2) is 37.1 Å². The van der Waals surface area contributed by atoms with Crippen molar-refractivity contribution >= 4 is 5.91 Å². The second-order valence-electron chi connectivity index (χ2n) is 7.20. The Balaban J connectivity index is 1.39. The van der Waals surface area contributed by atoms with Gasteiger partial charge in [-0.05, 0) is 48.1 Å². The molecule has 1 aliphatic heterocycles. The van der Waals surface area contributed by atoms with Crippen LogP contribution in [0.15, 0.2) is 48.5 Å². The third-order valence-corrected chi connectivity index (χ3v) is 5.40. The molecule has 4 heteroatoms. The van der Waals surface area contributed by atoms with Crippen molar-refractivity contribution in [2.24, 2.45) is 0 Å². The molecule has 2 aromatic rings. The van der Waals surface area contributed by atoms with Gasteiger partial charge in [0.05, 0.1) is 19.3 Å². The second kappa shape index (κ2) is 8.02. The molecule has 0 aromatic heterocycles. The average molecular weight is 350 g/mol. The number of carbonyl (C=O) groups excluding carboxylic acids is 1. The van der Waals surface area contributed by atoms with Crippen LogP contribution in [0.25, 0.3) is 0 Å². The number of benzene rings is 2. The van der Waals surface area contributed by atoms with Gasteiger partial charge in [-0.15, -0.1) is 0 Å². The van der Waals surface area contributed by atoms with Gasteiger partial charge in [0.15, 0.2) is 0 Å². The molecule has 26 heavy (non-hydrogen) atoms. The van der Waals surface area contributed by atoms with Crippen LogP contribution in [0, 0.1) is 0 Å². The number of nitrogens with one attached hydrogen (secondary N) is 1. The fourth-order valence-corrected chi connectivity index (χ4v) is 3.92. The molecule has 1 heterocycles. The van der Waals surface area contributed by atoms with Gasteiger partial charge >= 0.3 is 0 Å². The van der Waals surface area contributed by atoms with Crippen LogP contribution in [0.5, 0.6) is 0 Å². The zero-order valence-electron chi connectivity index (χ0n) is 15.1. The summed E-state index contributed by atoms with van der Waals surface area (Å²) in [5.74, 6) is 0.0182. The van der Waals surface area contributed by atoms with Gasteiger partial charge in [0.25, 0.3) is 5.91 Å². The highest BCUT2D eigenvalue weighted by atomic mass is 16.5. The van der Waals surface area contributed by atoms with Gasteiger partial charge in [0, 0.05) is 25.2 Å². The Morgan fingerprint density at radius 1 is 1.08 bits per heavy atom. The lowest BCUT2D eigenvalue weighted by Gasteiger charge is -2.27. The van der Waals surface area contributed by atoms with E-state index in [0.29, 0.717) is 0 Å². The van der Waals surface area contributed by atoms with Crippen molar-refractivity contribution in [3.63, 3.8) is 0 Å². The standard InChI is InChI=1S/C22H26N2O2/c25-22(23-21-7-3-5-18-4-1-2-6-20(18)21)19-10-8-17(9-11-19)16-24-12-14-26-15-13-24/h1-2,4,6,8-11,21H,3,5,7,12-16H2,(H,23,25)/t21-/m0/s1. The smallest absolute Gasteiger partial charge is 0.251 e. The van der Waals surface area contributed by atoms with Gasteiger partial charge < -0.3 is 10.1 Å². The molecule has 1 amide bonds. The number of morpholine rings is 1. The van der Waals surface area contributed by atoms with Crippen LogP contribution in [0.1, 0.15) is 45.9 Å².